The molecule has 1 aliphatic rings. The molecule has 1 aliphatic heterocycles. The summed E-state index contributed by atoms with van der Waals surface area (Å²) in [5.41, 5.74) is 2.74. The van der Waals surface area contributed by atoms with E-state index in [1.165, 1.54) is 22.6 Å². The average molecular weight is 401 g/mol. The SMILES string of the molecule is COC(=O)[C@H]1Cc2ccccc2CN1C(=O)Cn1c(=O)oc2cc(Cl)ccc21. The summed E-state index contributed by atoms with van der Waals surface area (Å²) in [5.74, 6) is -1.51. The largest absolute Gasteiger partial charge is 0.467 e. The van der Waals surface area contributed by atoms with Gasteiger partial charge >= 0.3 is 11.7 Å². The van der Waals surface area contributed by atoms with Gasteiger partial charge in [0.05, 0.1) is 12.6 Å². The summed E-state index contributed by atoms with van der Waals surface area (Å²) < 4.78 is 11.3. The Balaban J connectivity index is 1.67. The van der Waals surface area contributed by atoms with Crippen LogP contribution in [0.3, 0.4) is 0 Å². The fourth-order valence-electron chi connectivity index (χ4n) is 3.55. The molecule has 144 valence electrons. The number of hydrogen-bond acceptors (Lipinski definition) is 5. The summed E-state index contributed by atoms with van der Waals surface area (Å²) in [6.07, 6.45) is 0.366. The van der Waals surface area contributed by atoms with Crippen molar-refractivity contribution in [3.8, 4) is 0 Å². The van der Waals surface area contributed by atoms with E-state index < -0.39 is 17.8 Å². The third kappa shape index (κ3) is 3.18. The molecule has 7 nitrogen and oxygen atoms in total. The number of amides is 1. The molecule has 0 radical (unpaired) electrons. The summed E-state index contributed by atoms with van der Waals surface area (Å²) in [6, 6.07) is 11.7. The van der Waals surface area contributed by atoms with Gasteiger partial charge in [0.25, 0.3) is 0 Å². The lowest BCUT2D eigenvalue weighted by Crippen LogP contribution is -2.50. The van der Waals surface area contributed by atoms with Gasteiger partial charge in [-0.15, -0.1) is 0 Å². The second-order valence-electron chi connectivity index (χ2n) is 6.60. The van der Waals surface area contributed by atoms with Crippen LogP contribution in [0.5, 0.6) is 0 Å². The Morgan fingerprint density at radius 2 is 1.96 bits per heavy atom. The number of esters is 1. The maximum Gasteiger partial charge on any atom is 0.420 e. The molecule has 0 saturated heterocycles. The molecule has 0 fully saturated rings. The Labute approximate surface area is 165 Å². The van der Waals surface area contributed by atoms with Crippen molar-refractivity contribution in [2.24, 2.45) is 0 Å². The smallest absolute Gasteiger partial charge is 0.420 e. The summed E-state index contributed by atoms with van der Waals surface area (Å²) in [7, 11) is 1.29. The Morgan fingerprint density at radius 3 is 2.71 bits per heavy atom. The van der Waals surface area contributed by atoms with Crippen molar-refractivity contribution in [3.05, 3.63) is 69.2 Å². The second kappa shape index (κ2) is 7.16. The zero-order chi connectivity index (χ0) is 19.8. The molecule has 0 saturated carbocycles. The number of ether oxygens (including phenoxy) is 1. The highest BCUT2D eigenvalue weighted by Crippen LogP contribution is 2.25. The van der Waals surface area contributed by atoms with Crippen LogP contribution in [0.25, 0.3) is 11.1 Å². The Morgan fingerprint density at radius 1 is 1.21 bits per heavy atom. The number of carbonyl (C=O) groups excluding carboxylic acids is 2. The first kappa shape index (κ1) is 18.3. The van der Waals surface area contributed by atoms with Crippen LogP contribution in [0.15, 0.2) is 51.7 Å². The molecule has 1 aromatic heterocycles. The number of carbonyl (C=O) groups is 2. The van der Waals surface area contributed by atoms with Crippen LogP contribution >= 0.6 is 11.6 Å². The zero-order valence-corrected chi connectivity index (χ0v) is 15.8. The van der Waals surface area contributed by atoms with E-state index in [2.05, 4.69) is 0 Å². The normalized spacial score (nSPS) is 16.1. The molecule has 0 N–H and O–H groups in total. The van der Waals surface area contributed by atoms with Crippen LogP contribution in [0.4, 0.5) is 0 Å². The van der Waals surface area contributed by atoms with Gasteiger partial charge in [-0.3, -0.25) is 9.36 Å². The zero-order valence-electron chi connectivity index (χ0n) is 15.1. The molecule has 0 unspecified atom stereocenters. The van der Waals surface area contributed by atoms with Gasteiger partial charge < -0.3 is 14.1 Å². The lowest BCUT2D eigenvalue weighted by atomic mass is 9.94. The summed E-state index contributed by atoms with van der Waals surface area (Å²) in [4.78, 5) is 39.0. The van der Waals surface area contributed by atoms with Crippen molar-refractivity contribution in [1.29, 1.82) is 0 Å². The highest BCUT2D eigenvalue weighted by atomic mass is 35.5. The van der Waals surface area contributed by atoms with Gasteiger partial charge in [0.2, 0.25) is 5.91 Å². The van der Waals surface area contributed by atoms with Crippen molar-refractivity contribution in [2.45, 2.75) is 25.6 Å². The number of oxazole rings is 1. The predicted molar refractivity (Wildman–Crippen MR) is 102 cm³/mol. The van der Waals surface area contributed by atoms with E-state index in [9.17, 15) is 14.4 Å². The van der Waals surface area contributed by atoms with Gasteiger partial charge in [-0.25, -0.2) is 9.59 Å². The molecule has 28 heavy (non-hydrogen) atoms. The third-order valence-corrected chi connectivity index (χ3v) is 5.20. The number of hydrogen-bond donors (Lipinski definition) is 0. The monoisotopic (exact) mass is 400 g/mol. The molecule has 2 heterocycles. The number of fused-ring (bicyclic) bond motifs is 2. The lowest BCUT2D eigenvalue weighted by Gasteiger charge is -2.35. The van der Waals surface area contributed by atoms with Gasteiger partial charge in [0.1, 0.15) is 12.6 Å². The van der Waals surface area contributed by atoms with Crippen LogP contribution in [0.2, 0.25) is 5.02 Å². The summed E-state index contributed by atoms with van der Waals surface area (Å²) >= 11 is 5.93. The molecule has 0 bridgehead atoms. The van der Waals surface area contributed by atoms with Crippen molar-refractivity contribution < 1.29 is 18.7 Å². The minimum absolute atomic E-state index is 0.247. The molecule has 2 aromatic carbocycles. The number of methoxy groups -OCH3 is 1. The van der Waals surface area contributed by atoms with E-state index in [-0.39, 0.29) is 19.0 Å². The van der Waals surface area contributed by atoms with Crippen molar-refractivity contribution in [3.63, 3.8) is 0 Å². The molecule has 3 aromatic rings. The molecule has 0 aliphatic carbocycles. The molecule has 8 heteroatoms. The summed E-state index contributed by atoms with van der Waals surface area (Å²) in [5, 5.41) is 0.429. The van der Waals surface area contributed by atoms with Crippen LogP contribution in [-0.4, -0.2) is 34.5 Å². The molecule has 1 amide bonds. The van der Waals surface area contributed by atoms with Gasteiger partial charge in [-0.2, -0.15) is 0 Å². The Hall–Kier alpha value is -3.06. The van der Waals surface area contributed by atoms with Gasteiger partial charge in [-0.05, 0) is 23.3 Å². The fraction of sp³-hybridized carbons (Fsp3) is 0.250. The Bertz CT molecular complexity index is 1130. The van der Waals surface area contributed by atoms with E-state index in [1.807, 2.05) is 24.3 Å². The molecule has 1 atom stereocenters. The number of benzene rings is 2. The maximum absolute atomic E-state index is 13.1. The van der Waals surface area contributed by atoms with Gasteiger partial charge in [0, 0.05) is 24.1 Å². The highest BCUT2D eigenvalue weighted by molar-refractivity contribution is 6.31. The van der Waals surface area contributed by atoms with E-state index in [1.54, 1.807) is 12.1 Å². The van der Waals surface area contributed by atoms with Crippen molar-refractivity contribution in [1.82, 2.24) is 9.47 Å². The standard InChI is InChI=1S/C20H17ClN2O5/c1-27-19(25)16-8-12-4-2-3-5-13(12)10-22(16)18(24)11-23-15-7-6-14(21)9-17(15)28-20(23)26/h2-7,9,16H,8,10-11H2,1H3/t16-/m1/s1. The fourth-order valence-corrected chi connectivity index (χ4v) is 3.71. The number of aromatic nitrogens is 1. The van der Waals surface area contributed by atoms with Crippen LogP contribution in [-0.2, 0) is 33.8 Å². The first-order valence-electron chi connectivity index (χ1n) is 8.71. The van der Waals surface area contributed by atoms with Crippen LogP contribution < -0.4 is 5.76 Å². The molecular weight excluding hydrogens is 384 g/mol. The first-order chi connectivity index (χ1) is 13.5. The van der Waals surface area contributed by atoms with Gasteiger partial charge in [0.15, 0.2) is 5.58 Å². The van der Waals surface area contributed by atoms with E-state index in [0.717, 1.165) is 11.1 Å². The van der Waals surface area contributed by atoms with E-state index in [0.29, 0.717) is 22.5 Å². The van der Waals surface area contributed by atoms with E-state index in [4.69, 9.17) is 20.8 Å². The van der Waals surface area contributed by atoms with Crippen LogP contribution in [0.1, 0.15) is 11.1 Å². The van der Waals surface area contributed by atoms with Crippen LogP contribution in [0, 0.1) is 0 Å². The van der Waals surface area contributed by atoms with Gasteiger partial charge in [-0.1, -0.05) is 35.9 Å². The molecular formula is C20H17ClN2O5. The molecule has 4 rings (SSSR count). The minimum Gasteiger partial charge on any atom is -0.467 e. The minimum atomic E-state index is -0.740. The number of nitrogens with zero attached hydrogens (tertiary/aromatic N) is 2. The average Bonchev–Trinajstić information content (AvgIpc) is 3.00. The number of rotatable bonds is 3. The first-order valence-corrected chi connectivity index (χ1v) is 9.08. The Kier molecular flexibility index (Phi) is 4.68. The topological polar surface area (TPSA) is 81.8 Å². The quantitative estimate of drug-likeness (QED) is 0.630. The van der Waals surface area contributed by atoms with Crippen molar-refractivity contribution in [2.75, 3.05) is 7.11 Å². The highest BCUT2D eigenvalue weighted by Gasteiger charge is 2.35. The molecule has 0 spiro atoms. The summed E-state index contributed by atoms with van der Waals surface area (Å²) in [6.45, 7) is 0.0221. The third-order valence-electron chi connectivity index (χ3n) is 4.97. The number of halogens is 1. The lowest BCUT2D eigenvalue weighted by molar-refractivity contribution is -0.154. The van der Waals surface area contributed by atoms with E-state index >= 15 is 0 Å². The second-order valence-corrected chi connectivity index (χ2v) is 7.04. The maximum atomic E-state index is 13.1. The predicted octanol–water partition coefficient (Wildman–Crippen LogP) is 2.37. The van der Waals surface area contributed by atoms with Crippen molar-refractivity contribution >= 4 is 34.6 Å².